The normalized spacial score (nSPS) is 22.2. The van der Waals surface area contributed by atoms with Crippen molar-refractivity contribution in [2.75, 3.05) is 12.9 Å². The summed E-state index contributed by atoms with van der Waals surface area (Å²) in [6.07, 6.45) is 0. The molecule has 3 atom stereocenters. The van der Waals surface area contributed by atoms with Crippen LogP contribution in [0, 0.1) is 0 Å². The minimum Gasteiger partial charge on any atom is -0.497 e. The number of carbonyl (C=O) groups is 3. The fraction of sp³-hybridized carbons (Fsp3) is 0.316. The number of β-lactam (4-membered cyclic amide) rings is 1. The number of ether oxygens (including phenoxy) is 1. The standard InChI is InChI=1S/C19H19N3O5S2/c1-8-6-29-18-14(17(24)22(18)15(8)19(25)26)21-16(23)13(20)11-7-28-12-5-9(27-2)3-4-10(11)12/h3-5,7,13-14,18H,6,20H2,1-2H3,(H,21,23)(H,25,26). The van der Waals surface area contributed by atoms with E-state index in [1.165, 1.54) is 28.0 Å². The monoisotopic (exact) mass is 433 g/mol. The number of benzene rings is 1. The Balaban J connectivity index is 1.51. The van der Waals surface area contributed by atoms with Gasteiger partial charge in [-0.2, -0.15) is 0 Å². The number of hydrogen-bond acceptors (Lipinski definition) is 7. The van der Waals surface area contributed by atoms with E-state index < -0.39 is 35.2 Å². The van der Waals surface area contributed by atoms with Crippen LogP contribution in [0.2, 0.25) is 0 Å². The minimum absolute atomic E-state index is 0.00585. The maximum Gasteiger partial charge on any atom is 0.352 e. The lowest BCUT2D eigenvalue weighted by Gasteiger charge is -2.49. The van der Waals surface area contributed by atoms with Gasteiger partial charge in [-0.25, -0.2) is 4.79 Å². The molecular weight excluding hydrogens is 414 g/mol. The van der Waals surface area contributed by atoms with E-state index >= 15 is 0 Å². The maximum atomic E-state index is 12.7. The van der Waals surface area contributed by atoms with E-state index in [1.807, 2.05) is 17.5 Å². The van der Waals surface area contributed by atoms with Crippen molar-refractivity contribution in [1.82, 2.24) is 10.2 Å². The van der Waals surface area contributed by atoms with Gasteiger partial charge in [0, 0.05) is 10.5 Å². The van der Waals surface area contributed by atoms with E-state index in [2.05, 4.69) is 5.32 Å². The minimum atomic E-state index is -1.14. The van der Waals surface area contributed by atoms with Crippen molar-refractivity contribution in [3.63, 3.8) is 0 Å². The third-order valence-electron chi connectivity index (χ3n) is 5.09. The molecule has 152 valence electrons. The Kier molecular flexibility index (Phi) is 5.01. The first-order valence-corrected chi connectivity index (χ1v) is 10.7. The van der Waals surface area contributed by atoms with E-state index in [1.54, 1.807) is 20.1 Å². The number of rotatable bonds is 5. The molecular formula is C19H19N3O5S2. The van der Waals surface area contributed by atoms with E-state index in [-0.39, 0.29) is 5.70 Å². The van der Waals surface area contributed by atoms with E-state index in [0.29, 0.717) is 16.9 Å². The van der Waals surface area contributed by atoms with Crippen LogP contribution in [0.1, 0.15) is 18.5 Å². The van der Waals surface area contributed by atoms with Gasteiger partial charge in [0.15, 0.2) is 0 Å². The van der Waals surface area contributed by atoms with Gasteiger partial charge >= 0.3 is 5.97 Å². The summed E-state index contributed by atoms with van der Waals surface area (Å²) in [4.78, 5) is 38.0. The quantitative estimate of drug-likeness (QED) is 0.613. The number of methoxy groups -OCH3 is 1. The fourth-order valence-corrected chi connectivity index (χ4v) is 5.87. The lowest BCUT2D eigenvalue weighted by atomic mass is 10.0. The zero-order valence-corrected chi connectivity index (χ0v) is 17.3. The van der Waals surface area contributed by atoms with Gasteiger partial charge in [0.2, 0.25) is 5.91 Å². The zero-order valence-electron chi connectivity index (χ0n) is 15.7. The summed E-state index contributed by atoms with van der Waals surface area (Å²) in [5, 5.41) is 14.3. The Hall–Kier alpha value is -2.56. The van der Waals surface area contributed by atoms with Gasteiger partial charge in [-0.15, -0.1) is 23.1 Å². The van der Waals surface area contributed by atoms with Crippen LogP contribution < -0.4 is 15.8 Å². The number of hydrogen-bond donors (Lipinski definition) is 3. The number of amides is 2. The molecule has 0 saturated carbocycles. The first kappa shape index (κ1) is 19.7. The second kappa shape index (κ2) is 7.36. The number of carboxylic acids is 1. The van der Waals surface area contributed by atoms with Crippen molar-refractivity contribution < 1.29 is 24.2 Å². The van der Waals surface area contributed by atoms with Gasteiger partial charge in [0.25, 0.3) is 5.91 Å². The molecule has 3 heterocycles. The third kappa shape index (κ3) is 3.17. The molecule has 0 aliphatic carbocycles. The molecule has 8 nitrogen and oxygen atoms in total. The number of carboxylic acid groups (broad SMARTS) is 1. The summed E-state index contributed by atoms with van der Waals surface area (Å²) in [5.41, 5.74) is 7.50. The van der Waals surface area contributed by atoms with Crippen LogP contribution >= 0.6 is 23.1 Å². The summed E-state index contributed by atoms with van der Waals surface area (Å²) >= 11 is 2.89. The first-order chi connectivity index (χ1) is 13.8. The molecule has 2 aliphatic rings. The van der Waals surface area contributed by atoms with Crippen LogP contribution in [-0.2, 0) is 14.4 Å². The average Bonchev–Trinajstić information content (AvgIpc) is 3.13. The predicted octanol–water partition coefficient (Wildman–Crippen LogP) is 1.67. The van der Waals surface area contributed by atoms with Gasteiger partial charge in [-0.3, -0.25) is 14.5 Å². The van der Waals surface area contributed by atoms with Crippen LogP contribution in [0.25, 0.3) is 10.1 Å². The highest BCUT2D eigenvalue weighted by atomic mass is 32.2. The summed E-state index contributed by atoms with van der Waals surface area (Å²) in [7, 11) is 1.59. The highest BCUT2D eigenvalue weighted by molar-refractivity contribution is 8.00. The van der Waals surface area contributed by atoms with Crippen molar-refractivity contribution in [2.45, 2.75) is 24.4 Å². The second-order valence-electron chi connectivity index (χ2n) is 6.86. The summed E-state index contributed by atoms with van der Waals surface area (Å²) in [6.45, 7) is 1.69. The SMILES string of the molecule is COc1ccc2c(C(N)C(=O)NC3C(=O)N4C(C(=O)O)=C(C)CSC34)csc2c1. The number of fused-ring (bicyclic) bond motifs is 2. The largest absolute Gasteiger partial charge is 0.497 e. The predicted molar refractivity (Wildman–Crippen MR) is 111 cm³/mol. The number of nitrogens with two attached hydrogens (primary N) is 1. The van der Waals surface area contributed by atoms with Crippen molar-refractivity contribution in [3.8, 4) is 5.75 Å². The topological polar surface area (TPSA) is 122 Å². The van der Waals surface area contributed by atoms with Gasteiger partial charge in [0.1, 0.15) is 28.9 Å². The first-order valence-electron chi connectivity index (χ1n) is 8.82. The molecule has 3 unspecified atom stereocenters. The highest BCUT2D eigenvalue weighted by Gasteiger charge is 2.54. The van der Waals surface area contributed by atoms with Crippen LogP contribution in [0.4, 0.5) is 0 Å². The van der Waals surface area contributed by atoms with Gasteiger partial charge in [-0.05, 0) is 47.0 Å². The van der Waals surface area contributed by atoms with E-state index in [0.717, 1.165) is 15.8 Å². The lowest BCUT2D eigenvalue weighted by Crippen LogP contribution is -2.71. The lowest BCUT2D eigenvalue weighted by molar-refractivity contribution is -0.150. The molecule has 0 spiro atoms. The van der Waals surface area contributed by atoms with Crippen LogP contribution in [0.5, 0.6) is 5.75 Å². The molecule has 4 N–H and O–H groups in total. The molecule has 2 amide bonds. The van der Waals surface area contributed by atoms with Crippen LogP contribution in [0.15, 0.2) is 34.8 Å². The molecule has 10 heteroatoms. The van der Waals surface area contributed by atoms with Crippen molar-refractivity contribution >= 4 is 51.0 Å². The number of nitrogens with one attached hydrogen (secondary N) is 1. The van der Waals surface area contributed by atoms with E-state index in [9.17, 15) is 19.5 Å². The Morgan fingerprint density at radius 3 is 2.86 bits per heavy atom. The molecule has 0 bridgehead atoms. The number of thioether (sulfide) groups is 1. The van der Waals surface area contributed by atoms with Crippen molar-refractivity contribution in [2.24, 2.45) is 5.73 Å². The van der Waals surface area contributed by atoms with Crippen molar-refractivity contribution in [1.29, 1.82) is 0 Å². The zero-order chi connectivity index (χ0) is 20.9. The summed E-state index contributed by atoms with van der Waals surface area (Å²) < 4.78 is 6.16. The number of nitrogens with zero attached hydrogens (tertiary/aromatic N) is 1. The second-order valence-corrected chi connectivity index (χ2v) is 8.88. The average molecular weight is 434 g/mol. The molecule has 0 radical (unpaired) electrons. The Morgan fingerprint density at radius 2 is 2.17 bits per heavy atom. The summed E-state index contributed by atoms with van der Waals surface area (Å²) in [6, 6.07) is 3.81. The molecule has 2 aliphatic heterocycles. The molecule has 1 fully saturated rings. The van der Waals surface area contributed by atoms with Gasteiger partial charge < -0.3 is 20.9 Å². The number of carbonyl (C=O) groups excluding carboxylic acids is 2. The third-order valence-corrected chi connectivity index (χ3v) is 7.48. The van der Waals surface area contributed by atoms with E-state index in [4.69, 9.17) is 10.5 Å². The molecule has 1 saturated heterocycles. The van der Waals surface area contributed by atoms with Crippen molar-refractivity contribution in [3.05, 3.63) is 40.4 Å². The molecule has 1 aromatic heterocycles. The Morgan fingerprint density at radius 1 is 1.41 bits per heavy atom. The number of aliphatic carboxylic acids is 1. The molecule has 4 rings (SSSR count). The fourth-order valence-electron chi connectivity index (χ4n) is 3.56. The van der Waals surface area contributed by atoms with Crippen LogP contribution in [-0.4, -0.2) is 52.1 Å². The van der Waals surface area contributed by atoms with Crippen LogP contribution in [0.3, 0.4) is 0 Å². The van der Waals surface area contributed by atoms with Gasteiger partial charge in [-0.1, -0.05) is 0 Å². The smallest absolute Gasteiger partial charge is 0.352 e. The molecule has 1 aromatic carbocycles. The van der Waals surface area contributed by atoms with Gasteiger partial charge in [0.05, 0.1) is 7.11 Å². The molecule has 2 aromatic rings. The maximum absolute atomic E-state index is 12.7. The highest BCUT2D eigenvalue weighted by Crippen LogP contribution is 2.40. The summed E-state index contributed by atoms with van der Waals surface area (Å²) in [5.74, 6) is -0.827. The number of thiophene rings is 1. The Bertz CT molecular complexity index is 1060. The Labute approximate surface area is 174 Å². The molecule has 29 heavy (non-hydrogen) atoms.